The number of amides is 2. The Morgan fingerprint density at radius 1 is 1.29 bits per heavy atom. The molecular weight excluding hydrogens is 306 g/mol. The Hall–Kier alpha value is -2.34. The predicted molar refractivity (Wildman–Crippen MR) is 92.9 cm³/mol. The molecule has 1 heterocycles. The largest absolute Gasteiger partial charge is 0.396 e. The van der Waals surface area contributed by atoms with Crippen LogP contribution in [0, 0.1) is 0 Å². The highest BCUT2D eigenvalue weighted by Gasteiger charge is 2.21. The van der Waals surface area contributed by atoms with Gasteiger partial charge in [-0.15, -0.1) is 0 Å². The van der Waals surface area contributed by atoms with Gasteiger partial charge < -0.3 is 14.9 Å². The number of nitrogens with one attached hydrogen (secondary N) is 2. The molecule has 2 aromatic rings. The molecule has 2 amide bonds. The van der Waals surface area contributed by atoms with Crippen molar-refractivity contribution in [3.8, 4) is 0 Å². The van der Waals surface area contributed by atoms with E-state index in [1.54, 1.807) is 6.07 Å². The first-order valence-corrected chi connectivity index (χ1v) is 8.10. The van der Waals surface area contributed by atoms with Gasteiger partial charge in [0.2, 0.25) is 0 Å². The first-order chi connectivity index (χ1) is 11.4. The fourth-order valence-corrected chi connectivity index (χ4v) is 2.30. The highest BCUT2D eigenvalue weighted by atomic mass is 16.5. The van der Waals surface area contributed by atoms with Crippen LogP contribution in [0.15, 0.2) is 40.9 Å². The Bertz CT molecular complexity index is 647. The standard InChI is InChI=1S/C18H25N3O3/c1-18(2,3)15-12-16(21-24-15)20-17(23)19-14(10-7-11-22)13-8-5-4-6-9-13/h4-6,8-9,12,14,22H,7,10-11H2,1-3H3,(H2,19,20,21,23). The molecule has 0 aliphatic carbocycles. The highest BCUT2D eigenvalue weighted by Crippen LogP contribution is 2.24. The third-order valence-electron chi connectivity index (χ3n) is 3.65. The van der Waals surface area contributed by atoms with E-state index in [-0.39, 0.29) is 24.1 Å². The van der Waals surface area contributed by atoms with Crippen LogP contribution in [0.3, 0.4) is 0 Å². The summed E-state index contributed by atoms with van der Waals surface area (Å²) >= 11 is 0. The lowest BCUT2D eigenvalue weighted by atomic mass is 9.93. The number of nitrogens with zero attached hydrogens (tertiary/aromatic N) is 1. The minimum absolute atomic E-state index is 0.0882. The smallest absolute Gasteiger partial charge is 0.320 e. The van der Waals surface area contributed by atoms with Gasteiger partial charge in [-0.05, 0) is 18.4 Å². The van der Waals surface area contributed by atoms with Gasteiger partial charge in [-0.25, -0.2) is 4.79 Å². The van der Waals surface area contributed by atoms with Crippen molar-refractivity contribution >= 4 is 11.8 Å². The van der Waals surface area contributed by atoms with Gasteiger partial charge in [0.25, 0.3) is 0 Å². The molecule has 6 heteroatoms. The Kier molecular flexibility index (Phi) is 5.98. The number of hydrogen-bond donors (Lipinski definition) is 3. The lowest BCUT2D eigenvalue weighted by molar-refractivity contribution is 0.243. The number of aliphatic hydroxyl groups is 1. The van der Waals surface area contributed by atoms with Crippen LogP contribution in [0.25, 0.3) is 0 Å². The quantitative estimate of drug-likeness (QED) is 0.754. The summed E-state index contributed by atoms with van der Waals surface area (Å²) in [7, 11) is 0. The minimum atomic E-state index is -0.351. The molecule has 0 aliphatic rings. The summed E-state index contributed by atoms with van der Waals surface area (Å²) in [6.45, 7) is 6.12. The maximum absolute atomic E-state index is 12.3. The van der Waals surface area contributed by atoms with Crippen LogP contribution < -0.4 is 10.6 Å². The van der Waals surface area contributed by atoms with Gasteiger partial charge in [0.05, 0.1) is 6.04 Å². The van der Waals surface area contributed by atoms with Crippen LogP contribution in [0.1, 0.15) is 51.0 Å². The van der Waals surface area contributed by atoms with E-state index < -0.39 is 0 Å². The molecule has 0 radical (unpaired) electrons. The molecule has 130 valence electrons. The van der Waals surface area contributed by atoms with E-state index in [1.807, 2.05) is 51.1 Å². The van der Waals surface area contributed by atoms with Crippen LogP contribution >= 0.6 is 0 Å². The molecule has 0 bridgehead atoms. The molecule has 0 saturated heterocycles. The maximum Gasteiger partial charge on any atom is 0.320 e. The molecule has 0 fully saturated rings. The van der Waals surface area contributed by atoms with Crippen molar-refractivity contribution in [2.75, 3.05) is 11.9 Å². The summed E-state index contributed by atoms with van der Waals surface area (Å²) in [6.07, 6.45) is 1.26. The van der Waals surface area contributed by atoms with Gasteiger partial charge in [-0.2, -0.15) is 0 Å². The summed E-state index contributed by atoms with van der Waals surface area (Å²) in [5, 5.41) is 18.6. The van der Waals surface area contributed by atoms with Crippen LogP contribution in [0.5, 0.6) is 0 Å². The molecule has 6 nitrogen and oxygen atoms in total. The third-order valence-corrected chi connectivity index (χ3v) is 3.65. The summed E-state index contributed by atoms with van der Waals surface area (Å²) in [5.74, 6) is 1.09. The fourth-order valence-electron chi connectivity index (χ4n) is 2.30. The number of aliphatic hydroxyl groups excluding tert-OH is 1. The topological polar surface area (TPSA) is 87.4 Å². The zero-order valence-electron chi connectivity index (χ0n) is 14.4. The number of carbonyl (C=O) groups is 1. The van der Waals surface area contributed by atoms with Crippen LogP contribution in [-0.4, -0.2) is 22.9 Å². The van der Waals surface area contributed by atoms with E-state index in [0.29, 0.717) is 24.4 Å². The fraction of sp³-hybridized carbons (Fsp3) is 0.444. The molecule has 0 spiro atoms. The van der Waals surface area contributed by atoms with Gasteiger partial charge in [-0.1, -0.05) is 56.3 Å². The Morgan fingerprint density at radius 3 is 2.58 bits per heavy atom. The molecule has 1 aromatic heterocycles. The summed E-state index contributed by atoms with van der Waals surface area (Å²) in [6, 6.07) is 10.9. The van der Waals surface area contributed by atoms with Crippen LogP contribution in [0.4, 0.5) is 10.6 Å². The number of aromatic nitrogens is 1. The second-order valence-electron chi connectivity index (χ2n) is 6.75. The van der Waals surface area contributed by atoms with E-state index in [9.17, 15) is 4.79 Å². The molecular formula is C18H25N3O3. The number of rotatable bonds is 6. The summed E-state index contributed by atoms with van der Waals surface area (Å²) < 4.78 is 5.26. The monoisotopic (exact) mass is 331 g/mol. The number of hydrogen-bond acceptors (Lipinski definition) is 4. The average Bonchev–Trinajstić information content (AvgIpc) is 3.01. The zero-order chi connectivity index (χ0) is 17.6. The third kappa shape index (κ3) is 5.09. The summed E-state index contributed by atoms with van der Waals surface area (Å²) in [5.41, 5.74) is 0.827. The second-order valence-corrected chi connectivity index (χ2v) is 6.75. The highest BCUT2D eigenvalue weighted by molar-refractivity contribution is 5.88. The first-order valence-electron chi connectivity index (χ1n) is 8.10. The van der Waals surface area contributed by atoms with Gasteiger partial charge in [0, 0.05) is 18.1 Å². The molecule has 24 heavy (non-hydrogen) atoms. The Balaban J connectivity index is 2.01. The van der Waals surface area contributed by atoms with Crippen LogP contribution in [0.2, 0.25) is 0 Å². The van der Waals surface area contributed by atoms with E-state index in [0.717, 1.165) is 5.56 Å². The molecule has 1 atom stereocenters. The number of anilines is 1. The average molecular weight is 331 g/mol. The van der Waals surface area contributed by atoms with Crippen molar-refractivity contribution in [2.24, 2.45) is 0 Å². The van der Waals surface area contributed by atoms with Gasteiger partial charge in [0.15, 0.2) is 5.82 Å². The number of carbonyl (C=O) groups excluding carboxylic acids is 1. The van der Waals surface area contributed by atoms with Crippen molar-refractivity contribution in [1.82, 2.24) is 10.5 Å². The van der Waals surface area contributed by atoms with Crippen LogP contribution in [-0.2, 0) is 5.41 Å². The molecule has 0 aliphatic heterocycles. The Labute approximate surface area is 142 Å². The first kappa shape index (κ1) is 18.0. The van der Waals surface area contributed by atoms with E-state index in [4.69, 9.17) is 9.63 Å². The van der Waals surface area contributed by atoms with Gasteiger partial charge in [-0.3, -0.25) is 5.32 Å². The normalized spacial score (nSPS) is 12.7. The molecule has 3 N–H and O–H groups in total. The number of urea groups is 1. The lowest BCUT2D eigenvalue weighted by Crippen LogP contribution is -2.32. The number of benzene rings is 1. The Morgan fingerprint density at radius 2 is 2.00 bits per heavy atom. The zero-order valence-corrected chi connectivity index (χ0v) is 14.4. The van der Waals surface area contributed by atoms with Crippen molar-refractivity contribution < 1.29 is 14.4 Å². The minimum Gasteiger partial charge on any atom is -0.396 e. The van der Waals surface area contributed by atoms with Crippen molar-refractivity contribution in [1.29, 1.82) is 0 Å². The van der Waals surface area contributed by atoms with Gasteiger partial charge >= 0.3 is 6.03 Å². The second kappa shape index (κ2) is 7.97. The van der Waals surface area contributed by atoms with E-state index in [1.165, 1.54) is 0 Å². The molecule has 0 saturated carbocycles. The molecule has 2 rings (SSSR count). The molecule has 1 unspecified atom stereocenters. The molecule has 1 aromatic carbocycles. The SMILES string of the molecule is CC(C)(C)c1cc(NC(=O)NC(CCCO)c2ccccc2)no1. The van der Waals surface area contributed by atoms with Gasteiger partial charge in [0.1, 0.15) is 5.76 Å². The predicted octanol–water partition coefficient (Wildman–Crippen LogP) is 3.61. The van der Waals surface area contributed by atoms with E-state index >= 15 is 0 Å². The van der Waals surface area contributed by atoms with E-state index in [2.05, 4.69) is 15.8 Å². The van der Waals surface area contributed by atoms with Crippen molar-refractivity contribution in [2.45, 2.75) is 45.1 Å². The van der Waals surface area contributed by atoms with Crippen molar-refractivity contribution in [3.63, 3.8) is 0 Å². The summed E-state index contributed by atoms with van der Waals surface area (Å²) in [4.78, 5) is 12.3. The lowest BCUT2D eigenvalue weighted by Gasteiger charge is -2.18. The van der Waals surface area contributed by atoms with Crippen molar-refractivity contribution in [3.05, 3.63) is 47.7 Å². The maximum atomic E-state index is 12.3.